The second kappa shape index (κ2) is 5.23. The topological polar surface area (TPSA) is 32.3 Å². The molecule has 2 N–H and O–H groups in total. The van der Waals surface area contributed by atoms with Gasteiger partial charge in [-0.1, -0.05) is 18.2 Å². The Morgan fingerprint density at radius 3 is 2.76 bits per heavy atom. The number of benzene rings is 2. The molecule has 0 aliphatic carbocycles. The van der Waals surface area contributed by atoms with Crippen molar-refractivity contribution in [3.8, 4) is 5.75 Å². The molecule has 3 heteroatoms. The number of hydrogen-bond donors (Lipinski definition) is 2. The average Bonchev–Trinajstić information content (AvgIpc) is 2.30. The summed E-state index contributed by atoms with van der Waals surface area (Å²) in [5, 5.41) is 12.7. The normalized spacial score (nSPS) is 10.2. The van der Waals surface area contributed by atoms with Gasteiger partial charge in [0.1, 0.15) is 5.75 Å². The van der Waals surface area contributed by atoms with Crippen LogP contribution in [0.2, 0.25) is 0 Å². The maximum absolute atomic E-state index is 9.37. The van der Waals surface area contributed by atoms with Crippen LogP contribution in [0, 0.1) is 6.92 Å². The molecule has 2 nitrogen and oxygen atoms in total. The van der Waals surface area contributed by atoms with Crippen LogP contribution in [0.15, 0.2) is 46.9 Å². The van der Waals surface area contributed by atoms with E-state index in [9.17, 15) is 5.11 Å². The van der Waals surface area contributed by atoms with E-state index in [-0.39, 0.29) is 0 Å². The molecule has 0 saturated carbocycles. The summed E-state index contributed by atoms with van der Waals surface area (Å²) in [5.74, 6) is 0.299. The fourth-order valence-corrected chi connectivity index (χ4v) is 2.03. The lowest BCUT2D eigenvalue weighted by molar-refractivity contribution is 0.474. The van der Waals surface area contributed by atoms with Crippen molar-refractivity contribution < 1.29 is 5.11 Å². The summed E-state index contributed by atoms with van der Waals surface area (Å²) in [6.07, 6.45) is 0. The highest BCUT2D eigenvalue weighted by molar-refractivity contribution is 9.10. The first-order valence-corrected chi connectivity index (χ1v) is 6.22. The Bertz CT molecular complexity index is 525. The molecule has 0 heterocycles. The van der Waals surface area contributed by atoms with E-state index in [1.807, 2.05) is 18.2 Å². The van der Waals surface area contributed by atoms with Crippen LogP contribution in [0.5, 0.6) is 5.75 Å². The summed E-state index contributed by atoms with van der Waals surface area (Å²) in [4.78, 5) is 0. The minimum atomic E-state index is 0.299. The number of halogens is 1. The highest BCUT2D eigenvalue weighted by Crippen LogP contribution is 2.24. The van der Waals surface area contributed by atoms with Crippen LogP contribution < -0.4 is 5.32 Å². The van der Waals surface area contributed by atoms with Crippen molar-refractivity contribution in [1.29, 1.82) is 0 Å². The fraction of sp³-hybridized carbons (Fsp3) is 0.143. The first-order chi connectivity index (χ1) is 8.15. The third kappa shape index (κ3) is 3.24. The van der Waals surface area contributed by atoms with Crippen LogP contribution in [-0.4, -0.2) is 5.11 Å². The monoisotopic (exact) mass is 291 g/mol. The summed E-state index contributed by atoms with van der Waals surface area (Å²) in [6.45, 7) is 2.75. The number of phenolic OH excluding ortho intramolecular Hbond substituents is 1. The molecule has 0 radical (unpaired) electrons. The molecule has 0 aliphatic heterocycles. The van der Waals surface area contributed by atoms with Crippen molar-refractivity contribution in [2.45, 2.75) is 13.5 Å². The van der Waals surface area contributed by atoms with Gasteiger partial charge in [-0.2, -0.15) is 0 Å². The van der Waals surface area contributed by atoms with Crippen molar-refractivity contribution >= 4 is 21.6 Å². The van der Waals surface area contributed by atoms with E-state index in [0.29, 0.717) is 12.3 Å². The molecule has 0 saturated heterocycles. The number of anilines is 1. The standard InChI is InChI=1S/C14H14BrNO/c1-10-5-6-13(15)14(7-10)16-9-11-3-2-4-12(17)8-11/h2-8,16-17H,9H2,1H3. The molecule has 88 valence electrons. The highest BCUT2D eigenvalue weighted by Gasteiger charge is 2.00. The van der Waals surface area contributed by atoms with Crippen LogP contribution in [0.25, 0.3) is 0 Å². The van der Waals surface area contributed by atoms with Crippen molar-refractivity contribution in [1.82, 2.24) is 0 Å². The van der Waals surface area contributed by atoms with E-state index in [2.05, 4.69) is 40.3 Å². The van der Waals surface area contributed by atoms with Crippen molar-refractivity contribution in [3.63, 3.8) is 0 Å². The maximum Gasteiger partial charge on any atom is 0.115 e. The first kappa shape index (κ1) is 12.0. The number of nitrogens with one attached hydrogen (secondary N) is 1. The summed E-state index contributed by atoms with van der Waals surface area (Å²) < 4.78 is 1.04. The molecule has 0 aromatic heterocycles. The molecule has 2 aromatic carbocycles. The Hall–Kier alpha value is -1.48. The summed E-state index contributed by atoms with van der Waals surface area (Å²) >= 11 is 3.51. The van der Waals surface area contributed by atoms with Crippen LogP contribution in [0.4, 0.5) is 5.69 Å². The Balaban J connectivity index is 2.09. The number of rotatable bonds is 3. The molecular formula is C14H14BrNO. The lowest BCUT2D eigenvalue weighted by Crippen LogP contribution is -2.00. The Labute approximate surface area is 109 Å². The van der Waals surface area contributed by atoms with Crippen LogP contribution >= 0.6 is 15.9 Å². The SMILES string of the molecule is Cc1ccc(Br)c(NCc2cccc(O)c2)c1. The van der Waals surface area contributed by atoms with Gasteiger partial charge in [0, 0.05) is 16.7 Å². The zero-order valence-corrected chi connectivity index (χ0v) is 11.2. The zero-order chi connectivity index (χ0) is 12.3. The largest absolute Gasteiger partial charge is 0.508 e. The van der Waals surface area contributed by atoms with Gasteiger partial charge >= 0.3 is 0 Å². The van der Waals surface area contributed by atoms with Crippen LogP contribution in [-0.2, 0) is 6.54 Å². The molecule has 17 heavy (non-hydrogen) atoms. The molecule has 0 atom stereocenters. The molecule has 0 bridgehead atoms. The molecule has 0 aliphatic rings. The van der Waals surface area contributed by atoms with E-state index >= 15 is 0 Å². The Kier molecular flexibility index (Phi) is 3.69. The molecule has 0 unspecified atom stereocenters. The Morgan fingerprint density at radius 2 is 2.00 bits per heavy atom. The molecule has 2 aromatic rings. The van der Waals surface area contributed by atoms with Gasteiger partial charge in [-0.15, -0.1) is 0 Å². The fourth-order valence-electron chi connectivity index (χ4n) is 1.64. The molecule has 2 rings (SSSR count). The maximum atomic E-state index is 9.37. The lowest BCUT2D eigenvalue weighted by Gasteiger charge is -2.09. The summed E-state index contributed by atoms with van der Waals surface area (Å²) in [6, 6.07) is 13.4. The number of aryl methyl sites for hydroxylation is 1. The quantitative estimate of drug-likeness (QED) is 0.893. The van der Waals surface area contributed by atoms with E-state index < -0.39 is 0 Å². The van der Waals surface area contributed by atoms with Gasteiger partial charge in [0.25, 0.3) is 0 Å². The number of aromatic hydroxyl groups is 1. The minimum Gasteiger partial charge on any atom is -0.508 e. The van der Waals surface area contributed by atoms with E-state index in [1.165, 1.54) is 5.56 Å². The smallest absolute Gasteiger partial charge is 0.115 e. The van der Waals surface area contributed by atoms with E-state index in [0.717, 1.165) is 15.7 Å². The number of hydrogen-bond acceptors (Lipinski definition) is 2. The van der Waals surface area contributed by atoms with Gasteiger partial charge in [0.2, 0.25) is 0 Å². The lowest BCUT2D eigenvalue weighted by atomic mass is 10.2. The van der Waals surface area contributed by atoms with E-state index in [4.69, 9.17) is 0 Å². The van der Waals surface area contributed by atoms with Gasteiger partial charge in [0.15, 0.2) is 0 Å². The van der Waals surface area contributed by atoms with Gasteiger partial charge in [-0.25, -0.2) is 0 Å². The molecular weight excluding hydrogens is 278 g/mol. The predicted molar refractivity (Wildman–Crippen MR) is 74.3 cm³/mol. The first-order valence-electron chi connectivity index (χ1n) is 5.43. The second-order valence-corrected chi connectivity index (χ2v) is 4.86. The van der Waals surface area contributed by atoms with E-state index in [1.54, 1.807) is 12.1 Å². The van der Waals surface area contributed by atoms with Gasteiger partial charge in [-0.05, 0) is 58.2 Å². The van der Waals surface area contributed by atoms with Crippen LogP contribution in [0.1, 0.15) is 11.1 Å². The third-order valence-electron chi connectivity index (χ3n) is 2.52. The third-order valence-corrected chi connectivity index (χ3v) is 3.21. The predicted octanol–water partition coefficient (Wildman–Crippen LogP) is 4.08. The average molecular weight is 292 g/mol. The Morgan fingerprint density at radius 1 is 1.18 bits per heavy atom. The highest BCUT2D eigenvalue weighted by atomic mass is 79.9. The molecule has 0 fully saturated rings. The number of phenols is 1. The van der Waals surface area contributed by atoms with Crippen molar-refractivity contribution in [2.75, 3.05) is 5.32 Å². The van der Waals surface area contributed by atoms with Crippen molar-refractivity contribution in [3.05, 3.63) is 58.1 Å². The second-order valence-electron chi connectivity index (χ2n) is 4.01. The van der Waals surface area contributed by atoms with Crippen molar-refractivity contribution in [2.24, 2.45) is 0 Å². The van der Waals surface area contributed by atoms with Gasteiger partial charge in [-0.3, -0.25) is 0 Å². The summed E-state index contributed by atoms with van der Waals surface area (Å²) in [7, 11) is 0. The molecule has 0 spiro atoms. The molecule has 0 amide bonds. The van der Waals surface area contributed by atoms with Crippen LogP contribution in [0.3, 0.4) is 0 Å². The van der Waals surface area contributed by atoms with Gasteiger partial charge < -0.3 is 10.4 Å². The minimum absolute atomic E-state index is 0.299. The summed E-state index contributed by atoms with van der Waals surface area (Å²) in [5.41, 5.74) is 3.33. The van der Waals surface area contributed by atoms with Gasteiger partial charge in [0.05, 0.1) is 0 Å². The zero-order valence-electron chi connectivity index (χ0n) is 9.57.